The molecule has 3 heterocycles. The zero-order valence-corrected chi connectivity index (χ0v) is 17.0. The van der Waals surface area contributed by atoms with Crippen molar-refractivity contribution in [3.63, 3.8) is 0 Å². The molecular formula is C23H20F2N6O. The highest BCUT2D eigenvalue weighted by Crippen LogP contribution is 2.32. The molecular weight excluding hydrogens is 414 g/mol. The van der Waals surface area contributed by atoms with Crippen LogP contribution in [0.1, 0.15) is 5.56 Å². The summed E-state index contributed by atoms with van der Waals surface area (Å²) in [6.07, 6.45) is 2.02. The molecule has 0 spiro atoms. The smallest absolute Gasteiger partial charge is 0.282 e. The first-order chi connectivity index (χ1) is 15.3. The monoisotopic (exact) mass is 434 g/mol. The number of amides is 1. The second-order valence-corrected chi connectivity index (χ2v) is 7.87. The molecule has 0 radical (unpaired) electrons. The molecule has 0 bridgehead atoms. The highest BCUT2D eigenvalue weighted by molar-refractivity contribution is 5.92. The third kappa shape index (κ3) is 4.09. The van der Waals surface area contributed by atoms with Gasteiger partial charge in [0, 0.05) is 17.6 Å². The Balaban J connectivity index is 1.20. The molecule has 0 aliphatic carbocycles. The van der Waals surface area contributed by atoms with Gasteiger partial charge in [0.1, 0.15) is 0 Å². The van der Waals surface area contributed by atoms with Gasteiger partial charge in [-0.2, -0.15) is 4.98 Å². The second-order valence-electron chi connectivity index (χ2n) is 7.87. The summed E-state index contributed by atoms with van der Waals surface area (Å²) in [4.78, 5) is 18.2. The summed E-state index contributed by atoms with van der Waals surface area (Å²) < 4.78 is 27.6. The number of halogens is 2. The molecule has 1 amide bonds. The van der Waals surface area contributed by atoms with Crippen LogP contribution in [0.5, 0.6) is 0 Å². The average molecular weight is 434 g/mol. The minimum absolute atomic E-state index is 0.152. The van der Waals surface area contributed by atoms with Gasteiger partial charge in [-0.25, -0.2) is 13.3 Å². The number of carbonyl (C=O) groups is 1. The number of nitrogens with two attached hydrogens (primary N) is 1. The van der Waals surface area contributed by atoms with Crippen LogP contribution in [0.4, 0.5) is 26.1 Å². The molecule has 1 saturated heterocycles. The fourth-order valence-electron chi connectivity index (χ4n) is 3.73. The Bertz CT molecular complexity index is 1280. The van der Waals surface area contributed by atoms with Crippen molar-refractivity contribution >= 4 is 28.9 Å². The van der Waals surface area contributed by atoms with Gasteiger partial charge in [-0.3, -0.25) is 4.79 Å². The maximum absolute atomic E-state index is 13.0. The van der Waals surface area contributed by atoms with Gasteiger partial charge in [-0.1, -0.05) is 24.3 Å². The maximum atomic E-state index is 13.0. The zero-order valence-electron chi connectivity index (χ0n) is 17.0. The number of anilines is 3. The number of fused-ring (bicyclic) bond motifs is 1. The number of hydrogen-bond acceptors (Lipinski definition) is 5. The van der Waals surface area contributed by atoms with Crippen molar-refractivity contribution in [1.82, 2.24) is 14.6 Å². The van der Waals surface area contributed by atoms with Crippen LogP contribution in [-0.4, -0.2) is 39.5 Å². The normalized spacial score (nSPS) is 14.9. The van der Waals surface area contributed by atoms with E-state index in [-0.39, 0.29) is 31.4 Å². The van der Waals surface area contributed by atoms with E-state index >= 15 is 0 Å². The van der Waals surface area contributed by atoms with Crippen molar-refractivity contribution in [2.75, 3.05) is 29.0 Å². The van der Waals surface area contributed by atoms with Crippen molar-refractivity contribution in [3.8, 4) is 11.1 Å². The molecule has 0 saturated carbocycles. The van der Waals surface area contributed by atoms with Gasteiger partial charge < -0.3 is 16.0 Å². The molecule has 1 aliphatic heterocycles. The van der Waals surface area contributed by atoms with Crippen molar-refractivity contribution in [2.45, 2.75) is 12.3 Å². The largest absolute Gasteiger partial charge is 0.366 e. The lowest BCUT2D eigenvalue weighted by molar-refractivity contribution is -0.115. The van der Waals surface area contributed by atoms with E-state index in [0.29, 0.717) is 11.3 Å². The van der Waals surface area contributed by atoms with Crippen molar-refractivity contribution in [3.05, 3.63) is 72.4 Å². The van der Waals surface area contributed by atoms with Gasteiger partial charge in [-0.05, 0) is 53.1 Å². The molecule has 1 aliphatic rings. The molecule has 7 nitrogen and oxygen atoms in total. The molecule has 2 aromatic heterocycles. The summed E-state index contributed by atoms with van der Waals surface area (Å²) in [5.74, 6) is -2.54. The summed E-state index contributed by atoms with van der Waals surface area (Å²) in [6.45, 7) is -0.537. The van der Waals surface area contributed by atoms with Crippen LogP contribution in [0, 0.1) is 0 Å². The number of nitrogens with zero attached hydrogens (tertiary/aromatic N) is 4. The predicted molar refractivity (Wildman–Crippen MR) is 119 cm³/mol. The fourth-order valence-corrected chi connectivity index (χ4v) is 3.73. The molecule has 9 heteroatoms. The molecule has 0 unspecified atom stereocenters. The number of nitrogens with one attached hydrogen (secondary N) is 1. The van der Waals surface area contributed by atoms with Gasteiger partial charge in [0.2, 0.25) is 11.9 Å². The minimum atomic E-state index is -2.61. The molecule has 4 aromatic rings. The Morgan fingerprint density at radius 1 is 1.03 bits per heavy atom. The van der Waals surface area contributed by atoms with E-state index in [4.69, 9.17) is 5.73 Å². The Labute approximate surface area is 182 Å². The standard InChI is InChI=1S/C23H20F2N6O/c24-23(25)13-30(14-23)19-7-5-18(6-8-19)27-21(32)11-15-1-3-16(4-2-15)17-9-10-31-20(12-17)28-22(26)29-31/h1-10,12H,11,13-14H2,(H2,26,29)(H,27,32). The van der Waals surface area contributed by atoms with Crippen LogP contribution in [0.3, 0.4) is 0 Å². The quantitative estimate of drug-likeness (QED) is 0.501. The van der Waals surface area contributed by atoms with Crippen molar-refractivity contribution in [1.29, 1.82) is 0 Å². The molecule has 5 rings (SSSR count). The molecule has 2 aromatic carbocycles. The lowest BCUT2D eigenvalue weighted by Crippen LogP contribution is -2.56. The summed E-state index contributed by atoms with van der Waals surface area (Å²) in [5.41, 5.74) is 10.5. The van der Waals surface area contributed by atoms with E-state index in [1.54, 1.807) is 39.9 Å². The van der Waals surface area contributed by atoms with E-state index in [9.17, 15) is 13.6 Å². The SMILES string of the molecule is Nc1nc2cc(-c3ccc(CC(=O)Nc4ccc(N5CC(F)(F)C5)cc4)cc3)ccn2n1. The molecule has 1 fully saturated rings. The van der Waals surface area contributed by atoms with Crippen LogP contribution in [0.15, 0.2) is 66.9 Å². The second kappa shape index (κ2) is 7.60. The van der Waals surface area contributed by atoms with Gasteiger partial charge in [0.25, 0.3) is 5.92 Å². The van der Waals surface area contributed by atoms with Crippen LogP contribution in [-0.2, 0) is 11.2 Å². The van der Waals surface area contributed by atoms with E-state index in [2.05, 4.69) is 15.4 Å². The van der Waals surface area contributed by atoms with Crippen LogP contribution in [0.25, 0.3) is 16.8 Å². The van der Waals surface area contributed by atoms with Crippen LogP contribution in [0.2, 0.25) is 0 Å². The van der Waals surface area contributed by atoms with E-state index in [1.807, 2.05) is 36.4 Å². The highest BCUT2D eigenvalue weighted by Gasteiger charge is 2.43. The zero-order chi connectivity index (χ0) is 22.3. The average Bonchev–Trinajstić information content (AvgIpc) is 3.12. The van der Waals surface area contributed by atoms with Crippen molar-refractivity contribution < 1.29 is 13.6 Å². The summed E-state index contributed by atoms with van der Waals surface area (Å²) >= 11 is 0. The Hall–Kier alpha value is -4.01. The number of hydrogen-bond donors (Lipinski definition) is 2. The minimum Gasteiger partial charge on any atom is -0.366 e. The van der Waals surface area contributed by atoms with E-state index in [1.165, 1.54) is 0 Å². The summed E-state index contributed by atoms with van der Waals surface area (Å²) in [5, 5.41) is 6.90. The number of pyridine rings is 1. The maximum Gasteiger partial charge on any atom is 0.282 e. The van der Waals surface area contributed by atoms with Gasteiger partial charge in [-0.15, -0.1) is 5.10 Å². The molecule has 3 N–H and O–H groups in total. The number of alkyl halides is 2. The van der Waals surface area contributed by atoms with Gasteiger partial charge in [0.05, 0.1) is 19.5 Å². The predicted octanol–water partition coefficient (Wildman–Crippen LogP) is 3.62. The molecule has 162 valence electrons. The van der Waals surface area contributed by atoms with Crippen molar-refractivity contribution in [2.24, 2.45) is 0 Å². The third-order valence-electron chi connectivity index (χ3n) is 5.37. The number of carbonyl (C=O) groups excluding carboxylic acids is 1. The Kier molecular flexibility index (Phi) is 4.73. The number of benzene rings is 2. The Morgan fingerprint density at radius 3 is 2.44 bits per heavy atom. The highest BCUT2D eigenvalue weighted by atomic mass is 19.3. The summed E-state index contributed by atoms with van der Waals surface area (Å²) in [6, 6.07) is 18.5. The summed E-state index contributed by atoms with van der Waals surface area (Å²) in [7, 11) is 0. The van der Waals surface area contributed by atoms with Crippen LogP contribution >= 0.6 is 0 Å². The third-order valence-corrected chi connectivity index (χ3v) is 5.37. The first kappa shape index (κ1) is 19.9. The lowest BCUT2D eigenvalue weighted by Gasteiger charge is -2.40. The van der Waals surface area contributed by atoms with E-state index in [0.717, 1.165) is 22.4 Å². The van der Waals surface area contributed by atoms with Gasteiger partial charge in [0.15, 0.2) is 5.65 Å². The first-order valence-corrected chi connectivity index (χ1v) is 10.1. The lowest BCUT2D eigenvalue weighted by atomic mass is 10.0. The topological polar surface area (TPSA) is 88.5 Å². The molecule has 0 atom stereocenters. The Morgan fingerprint density at radius 2 is 1.75 bits per heavy atom. The van der Waals surface area contributed by atoms with Crippen LogP contribution < -0.4 is 16.0 Å². The number of nitrogen functional groups attached to an aromatic ring is 1. The fraction of sp³-hybridized carbons (Fsp3) is 0.174. The van der Waals surface area contributed by atoms with E-state index < -0.39 is 5.92 Å². The first-order valence-electron chi connectivity index (χ1n) is 10.1. The molecule has 32 heavy (non-hydrogen) atoms. The number of aromatic nitrogens is 3. The van der Waals surface area contributed by atoms with Gasteiger partial charge >= 0.3 is 0 Å². The number of rotatable bonds is 5.